The van der Waals surface area contributed by atoms with E-state index in [0.717, 1.165) is 49.7 Å². The van der Waals surface area contributed by atoms with Gasteiger partial charge in [0.15, 0.2) is 0 Å². The van der Waals surface area contributed by atoms with Crippen LogP contribution in [0.25, 0.3) is 0 Å². The topological polar surface area (TPSA) is 60.9 Å². The number of carbonyl (C=O) groups is 1. The van der Waals surface area contributed by atoms with Gasteiger partial charge in [-0.2, -0.15) is 0 Å². The fraction of sp³-hybridized carbons (Fsp3) is 0.455. The van der Waals surface area contributed by atoms with Gasteiger partial charge < -0.3 is 24.8 Å². The van der Waals surface area contributed by atoms with E-state index in [1.807, 2.05) is 29.2 Å². The van der Waals surface area contributed by atoms with Gasteiger partial charge in [-0.15, -0.1) is 0 Å². The zero-order valence-corrected chi connectivity index (χ0v) is 17.6. The molecule has 0 unspecified atom stereocenters. The van der Waals surface area contributed by atoms with Crippen LogP contribution < -0.4 is 15.0 Å². The van der Waals surface area contributed by atoms with Crippen LogP contribution in [0.4, 0.5) is 11.4 Å². The molecule has 0 atom stereocenters. The lowest BCUT2D eigenvalue weighted by Crippen LogP contribution is -2.49. The van der Waals surface area contributed by atoms with Crippen LogP contribution in [0.15, 0.2) is 42.6 Å². The highest BCUT2D eigenvalue weighted by Gasteiger charge is 2.23. The molecule has 1 aliphatic heterocycles. The summed E-state index contributed by atoms with van der Waals surface area (Å²) in [5, 5.41) is 3.38. The number of nitrogens with zero attached hydrogens (tertiary/aromatic N) is 4. The van der Waals surface area contributed by atoms with Crippen molar-refractivity contribution in [2.75, 3.05) is 70.7 Å². The Morgan fingerprint density at radius 2 is 1.86 bits per heavy atom. The molecule has 1 N–H and O–H groups in total. The third-order valence-electron chi connectivity index (χ3n) is 5.09. The predicted molar refractivity (Wildman–Crippen MR) is 117 cm³/mol. The number of piperazine rings is 1. The highest BCUT2D eigenvalue weighted by atomic mass is 16.5. The number of aromatic nitrogens is 1. The Labute approximate surface area is 173 Å². The Hall–Kier alpha value is -2.80. The van der Waals surface area contributed by atoms with Crippen molar-refractivity contribution >= 4 is 17.3 Å². The molecule has 0 bridgehead atoms. The maximum atomic E-state index is 12.9. The molecular formula is C22H31N5O2. The lowest BCUT2D eigenvalue weighted by atomic mass is 10.2. The summed E-state index contributed by atoms with van der Waals surface area (Å²) in [5.41, 5.74) is 2.60. The molecule has 0 spiro atoms. The van der Waals surface area contributed by atoms with Crippen LogP contribution in [-0.4, -0.2) is 81.2 Å². The summed E-state index contributed by atoms with van der Waals surface area (Å²) >= 11 is 0. The van der Waals surface area contributed by atoms with E-state index in [1.165, 1.54) is 0 Å². The third kappa shape index (κ3) is 5.84. The van der Waals surface area contributed by atoms with E-state index < -0.39 is 0 Å². The van der Waals surface area contributed by atoms with Crippen molar-refractivity contribution in [1.29, 1.82) is 0 Å². The quantitative estimate of drug-likeness (QED) is 0.691. The first kappa shape index (κ1) is 20.9. The molecule has 1 fully saturated rings. The summed E-state index contributed by atoms with van der Waals surface area (Å²) in [7, 11) is 5.80. The number of nitrogens with one attached hydrogen (secondary N) is 1. The molecule has 2 aromatic rings. The van der Waals surface area contributed by atoms with Crippen LogP contribution in [0.3, 0.4) is 0 Å². The fourth-order valence-corrected chi connectivity index (χ4v) is 3.41. The van der Waals surface area contributed by atoms with Crippen molar-refractivity contribution in [1.82, 2.24) is 14.8 Å². The number of rotatable bonds is 8. The highest BCUT2D eigenvalue weighted by Crippen LogP contribution is 2.21. The van der Waals surface area contributed by atoms with Gasteiger partial charge in [0.25, 0.3) is 5.91 Å². The molecular weight excluding hydrogens is 366 g/mol. The number of carbonyl (C=O) groups excluding carboxylic acids is 1. The standard InChI is InChI=1S/C22H31N5O2/c1-25(2)12-4-10-23-18-9-11-24-21(17-18)22(28)27-15-13-26(14-16-27)19-5-7-20(29-3)8-6-19/h5-9,11,17H,4,10,12-16H2,1-3H3,(H,23,24). The number of benzene rings is 1. The molecule has 0 saturated carbocycles. The zero-order chi connectivity index (χ0) is 20.6. The van der Waals surface area contributed by atoms with Crippen molar-refractivity contribution < 1.29 is 9.53 Å². The number of hydrogen-bond acceptors (Lipinski definition) is 6. The van der Waals surface area contributed by atoms with Gasteiger partial charge in [0, 0.05) is 50.3 Å². The monoisotopic (exact) mass is 397 g/mol. The molecule has 3 rings (SSSR count). The number of anilines is 2. The van der Waals surface area contributed by atoms with E-state index in [-0.39, 0.29) is 5.91 Å². The molecule has 7 nitrogen and oxygen atoms in total. The molecule has 7 heteroatoms. The van der Waals surface area contributed by atoms with Crippen LogP contribution >= 0.6 is 0 Å². The average molecular weight is 398 g/mol. The first-order chi connectivity index (χ1) is 14.1. The van der Waals surface area contributed by atoms with E-state index >= 15 is 0 Å². The van der Waals surface area contributed by atoms with Gasteiger partial charge in [0.1, 0.15) is 11.4 Å². The van der Waals surface area contributed by atoms with Crippen LogP contribution in [0.5, 0.6) is 5.75 Å². The number of ether oxygens (including phenoxy) is 1. The second kappa shape index (κ2) is 10.1. The van der Waals surface area contributed by atoms with E-state index in [2.05, 4.69) is 46.3 Å². The van der Waals surface area contributed by atoms with Crippen molar-refractivity contribution in [2.24, 2.45) is 0 Å². The number of hydrogen-bond donors (Lipinski definition) is 1. The van der Waals surface area contributed by atoms with Gasteiger partial charge in [-0.05, 0) is 63.5 Å². The minimum Gasteiger partial charge on any atom is -0.497 e. The van der Waals surface area contributed by atoms with Gasteiger partial charge >= 0.3 is 0 Å². The van der Waals surface area contributed by atoms with Crippen LogP contribution in [0, 0.1) is 0 Å². The third-order valence-corrected chi connectivity index (χ3v) is 5.09. The maximum Gasteiger partial charge on any atom is 0.272 e. The number of pyridine rings is 1. The molecule has 0 radical (unpaired) electrons. The minimum absolute atomic E-state index is 0.00341. The Bertz CT molecular complexity index is 786. The number of methoxy groups -OCH3 is 1. The highest BCUT2D eigenvalue weighted by molar-refractivity contribution is 5.93. The molecule has 0 aliphatic carbocycles. The number of amides is 1. The lowest BCUT2D eigenvalue weighted by Gasteiger charge is -2.36. The Morgan fingerprint density at radius 1 is 1.14 bits per heavy atom. The van der Waals surface area contributed by atoms with Gasteiger partial charge in [-0.25, -0.2) is 0 Å². The Kier molecular flexibility index (Phi) is 7.30. The first-order valence-corrected chi connectivity index (χ1v) is 10.1. The van der Waals surface area contributed by atoms with Crippen LogP contribution in [0.2, 0.25) is 0 Å². The van der Waals surface area contributed by atoms with E-state index in [4.69, 9.17) is 4.74 Å². The molecule has 156 valence electrons. The zero-order valence-electron chi connectivity index (χ0n) is 17.6. The summed E-state index contributed by atoms with van der Waals surface area (Å²) in [4.78, 5) is 23.5. The summed E-state index contributed by atoms with van der Waals surface area (Å²) < 4.78 is 5.22. The van der Waals surface area contributed by atoms with Gasteiger partial charge in [0.2, 0.25) is 0 Å². The fourth-order valence-electron chi connectivity index (χ4n) is 3.41. The average Bonchev–Trinajstić information content (AvgIpc) is 2.76. The summed E-state index contributed by atoms with van der Waals surface area (Å²) in [6, 6.07) is 11.8. The molecule has 29 heavy (non-hydrogen) atoms. The van der Waals surface area contributed by atoms with Crippen LogP contribution in [-0.2, 0) is 0 Å². The normalized spacial score (nSPS) is 14.2. The molecule has 1 aromatic carbocycles. The Morgan fingerprint density at radius 3 is 2.52 bits per heavy atom. The smallest absolute Gasteiger partial charge is 0.272 e. The Balaban J connectivity index is 1.52. The van der Waals surface area contributed by atoms with Gasteiger partial charge in [-0.1, -0.05) is 0 Å². The molecule has 2 heterocycles. The summed E-state index contributed by atoms with van der Waals surface area (Å²) in [5.74, 6) is 0.847. The molecule has 1 aromatic heterocycles. The molecule has 1 amide bonds. The summed E-state index contributed by atoms with van der Waals surface area (Å²) in [6.45, 7) is 4.89. The largest absolute Gasteiger partial charge is 0.497 e. The second-order valence-electron chi connectivity index (χ2n) is 7.49. The van der Waals surface area contributed by atoms with Crippen molar-refractivity contribution in [3.63, 3.8) is 0 Å². The van der Waals surface area contributed by atoms with Gasteiger partial charge in [0.05, 0.1) is 7.11 Å². The maximum absolute atomic E-state index is 12.9. The SMILES string of the molecule is COc1ccc(N2CCN(C(=O)c3cc(NCCCN(C)C)ccn3)CC2)cc1. The molecule has 1 saturated heterocycles. The van der Waals surface area contributed by atoms with Gasteiger partial charge in [-0.3, -0.25) is 9.78 Å². The van der Waals surface area contributed by atoms with E-state index in [9.17, 15) is 4.79 Å². The van der Waals surface area contributed by atoms with Crippen molar-refractivity contribution in [3.05, 3.63) is 48.3 Å². The van der Waals surface area contributed by atoms with Crippen molar-refractivity contribution in [3.8, 4) is 5.75 Å². The molecule has 1 aliphatic rings. The minimum atomic E-state index is -0.00341. The summed E-state index contributed by atoms with van der Waals surface area (Å²) in [6.07, 6.45) is 2.75. The predicted octanol–water partition coefficient (Wildman–Crippen LogP) is 2.42. The second-order valence-corrected chi connectivity index (χ2v) is 7.49. The van der Waals surface area contributed by atoms with E-state index in [0.29, 0.717) is 18.8 Å². The van der Waals surface area contributed by atoms with E-state index in [1.54, 1.807) is 13.3 Å². The van der Waals surface area contributed by atoms with Crippen molar-refractivity contribution in [2.45, 2.75) is 6.42 Å². The van der Waals surface area contributed by atoms with Crippen LogP contribution in [0.1, 0.15) is 16.9 Å². The lowest BCUT2D eigenvalue weighted by molar-refractivity contribution is 0.0741. The first-order valence-electron chi connectivity index (χ1n) is 10.1.